The lowest BCUT2D eigenvalue weighted by molar-refractivity contribution is 0.217. The summed E-state index contributed by atoms with van der Waals surface area (Å²) in [6.07, 6.45) is 6.44. The SMILES string of the molecule is CC(C)C(CN)c1cncn1C1CCN(C)CC1. The van der Waals surface area contributed by atoms with E-state index in [2.05, 4.69) is 35.3 Å². The maximum atomic E-state index is 5.94. The Morgan fingerprint density at radius 2 is 2.06 bits per heavy atom. The van der Waals surface area contributed by atoms with Crippen molar-refractivity contribution >= 4 is 0 Å². The van der Waals surface area contributed by atoms with Crippen LogP contribution in [0.3, 0.4) is 0 Å². The van der Waals surface area contributed by atoms with Crippen molar-refractivity contribution in [2.75, 3.05) is 26.7 Å². The summed E-state index contributed by atoms with van der Waals surface area (Å²) in [5.74, 6) is 0.990. The van der Waals surface area contributed by atoms with Crippen LogP contribution in [-0.4, -0.2) is 41.1 Å². The molecule has 0 amide bonds. The van der Waals surface area contributed by atoms with E-state index in [0.29, 0.717) is 24.4 Å². The van der Waals surface area contributed by atoms with Crippen LogP contribution in [0, 0.1) is 5.92 Å². The van der Waals surface area contributed by atoms with Crippen molar-refractivity contribution in [2.24, 2.45) is 11.7 Å². The van der Waals surface area contributed by atoms with Crippen molar-refractivity contribution in [3.8, 4) is 0 Å². The monoisotopic (exact) mass is 250 g/mol. The minimum Gasteiger partial charge on any atom is -0.331 e. The molecule has 0 aliphatic carbocycles. The molecule has 1 aliphatic rings. The van der Waals surface area contributed by atoms with Crippen molar-refractivity contribution in [3.63, 3.8) is 0 Å². The molecule has 0 saturated carbocycles. The number of aromatic nitrogens is 2. The molecular weight excluding hydrogens is 224 g/mol. The van der Waals surface area contributed by atoms with E-state index in [0.717, 1.165) is 0 Å². The smallest absolute Gasteiger partial charge is 0.0950 e. The van der Waals surface area contributed by atoms with Gasteiger partial charge < -0.3 is 15.2 Å². The average Bonchev–Trinajstić information content (AvgIpc) is 2.79. The number of hydrogen-bond acceptors (Lipinski definition) is 3. The molecule has 1 fully saturated rings. The van der Waals surface area contributed by atoms with E-state index in [-0.39, 0.29) is 0 Å². The molecule has 1 aliphatic heterocycles. The summed E-state index contributed by atoms with van der Waals surface area (Å²) < 4.78 is 2.38. The molecule has 1 aromatic heterocycles. The molecule has 102 valence electrons. The topological polar surface area (TPSA) is 47.1 Å². The Labute approximate surface area is 110 Å². The van der Waals surface area contributed by atoms with Gasteiger partial charge in [-0.2, -0.15) is 0 Å². The number of piperidine rings is 1. The van der Waals surface area contributed by atoms with Gasteiger partial charge in [0.15, 0.2) is 0 Å². The van der Waals surface area contributed by atoms with E-state index in [9.17, 15) is 0 Å². The van der Waals surface area contributed by atoms with Crippen LogP contribution < -0.4 is 5.73 Å². The van der Waals surface area contributed by atoms with E-state index in [1.54, 1.807) is 0 Å². The Hall–Kier alpha value is -0.870. The molecule has 1 aromatic rings. The van der Waals surface area contributed by atoms with Gasteiger partial charge in [0.2, 0.25) is 0 Å². The van der Waals surface area contributed by atoms with Crippen molar-refractivity contribution in [1.82, 2.24) is 14.5 Å². The van der Waals surface area contributed by atoms with Crippen LogP contribution in [0.2, 0.25) is 0 Å². The summed E-state index contributed by atoms with van der Waals surface area (Å²) in [6, 6.07) is 0.603. The normalized spacial score (nSPS) is 20.5. The van der Waals surface area contributed by atoms with E-state index >= 15 is 0 Å². The molecule has 4 nitrogen and oxygen atoms in total. The Balaban J connectivity index is 2.16. The van der Waals surface area contributed by atoms with Gasteiger partial charge in [0.25, 0.3) is 0 Å². The van der Waals surface area contributed by atoms with Gasteiger partial charge in [-0.1, -0.05) is 13.8 Å². The first-order chi connectivity index (χ1) is 8.63. The second kappa shape index (κ2) is 5.85. The molecule has 1 saturated heterocycles. The molecule has 0 radical (unpaired) electrons. The molecular formula is C14H26N4. The van der Waals surface area contributed by atoms with E-state index < -0.39 is 0 Å². The Morgan fingerprint density at radius 1 is 1.39 bits per heavy atom. The zero-order chi connectivity index (χ0) is 13.1. The van der Waals surface area contributed by atoms with Gasteiger partial charge in [0.1, 0.15) is 0 Å². The van der Waals surface area contributed by atoms with Crippen molar-refractivity contribution in [3.05, 3.63) is 18.2 Å². The zero-order valence-corrected chi connectivity index (χ0v) is 11.8. The summed E-state index contributed by atoms with van der Waals surface area (Å²) in [4.78, 5) is 6.76. The maximum absolute atomic E-state index is 5.94. The van der Waals surface area contributed by atoms with Crippen LogP contribution in [0.4, 0.5) is 0 Å². The second-order valence-corrected chi connectivity index (χ2v) is 5.85. The summed E-state index contributed by atoms with van der Waals surface area (Å²) in [6.45, 7) is 7.54. The minimum atomic E-state index is 0.423. The fraction of sp³-hybridized carbons (Fsp3) is 0.786. The number of nitrogens with two attached hydrogens (primary N) is 1. The third-order valence-corrected chi connectivity index (χ3v) is 4.22. The predicted octanol–water partition coefficient (Wildman–Crippen LogP) is 1.85. The first kappa shape index (κ1) is 13.6. The lowest BCUT2D eigenvalue weighted by atomic mass is 9.92. The minimum absolute atomic E-state index is 0.423. The van der Waals surface area contributed by atoms with E-state index in [1.165, 1.54) is 31.6 Å². The zero-order valence-electron chi connectivity index (χ0n) is 11.8. The lowest BCUT2D eigenvalue weighted by Gasteiger charge is -2.32. The Bertz CT molecular complexity index is 364. The highest BCUT2D eigenvalue weighted by molar-refractivity contribution is 5.10. The molecule has 1 atom stereocenters. The van der Waals surface area contributed by atoms with Gasteiger partial charge in [0.05, 0.1) is 6.33 Å². The number of likely N-dealkylation sites (tertiary alicyclic amines) is 1. The molecule has 2 rings (SSSR count). The predicted molar refractivity (Wildman–Crippen MR) is 74.6 cm³/mol. The maximum Gasteiger partial charge on any atom is 0.0950 e. The van der Waals surface area contributed by atoms with E-state index in [1.807, 2.05) is 12.5 Å². The molecule has 0 aromatic carbocycles. The first-order valence-electron chi connectivity index (χ1n) is 7.03. The third kappa shape index (κ3) is 2.75. The van der Waals surface area contributed by atoms with Crippen molar-refractivity contribution < 1.29 is 0 Å². The number of hydrogen-bond donors (Lipinski definition) is 1. The molecule has 18 heavy (non-hydrogen) atoms. The van der Waals surface area contributed by atoms with Gasteiger partial charge in [-0.25, -0.2) is 4.98 Å². The van der Waals surface area contributed by atoms with Crippen LogP contribution in [0.1, 0.15) is 44.3 Å². The molecule has 2 heterocycles. The van der Waals surface area contributed by atoms with Crippen LogP contribution in [-0.2, 0) is 0 Å². The van der Waals surface area contributed by atoms with Crippen LogP contribution >= 0.6 is 0 Å². The van der Waals surface area contributed by atoms with Gasteiger partial charge in [-0.3, -0.25) is 0 Å². The molecule has 2 N–H and O–H groups in total. The average molecular weight is 250 g/mol. The first-order valence-corrected chi connectivity index (χ1v) is 7.03. The Morgan fingerprint density at radius 3 is 2.61 bits per heavy atom. The molecule has 0 bridgehead atoms. The fourth-order valence-electron chi connectivity index (χ4n) is 2.91. The standard InChI is InChI=1S/C14H26N4/c1-11(2)13(8-15)14-9-16-10-18(14)12-4-6-17(3)7-5-12/h9-13H,4-8,15H2,1-3H3. The quantitative estimate of drug-likeness (QED) is 0.887. The lowest BCUT2D eigenvalue weighted by Crippen LogP contribution is -2.32. The Kier molecular flexibility index (Phi) is 4.40. The van der Waals surface area contributed by atoms with E-state index in [4.69, 9.17) is 5.73 Å². The second-order valence-electron chi connectivity index (χ2n) is 5.85. The highest BCUT2D eigenvalue weighted by Crippen LogP contribution is 2.29. The number of nitrogens with zero attached hydrogens (tertiary/aromatic N) is 3. The molecule has 0 spiro atoms. The third-order valence-electron chi connectivity index (χ3n) is 4.22. The highest BCUT2D eigenvalue weighted by Gasteiger charge is 2.24. The summed E-state index contributed by atoms with van der Waals surface area (Å²) in [5, 5.41) is 0. The number of rotatable bonds is 4. The summed E-state index contributed by atoms with van der Waals surface area (Å²) >= 11 is 0. The van der Waals surface area contributed by atoms with Crippen LogP contribution in [0.15, 0.2) is 12.5 Å². The van der Waals surface area contributed by atoms with Crippen molar-refractivity contribution in [1.29, 1.82) is 0 Å². The van der Waals surface area contributed by atoms with Gasteiger partial charge in [-0.15, -0.1) is 0 Å². The fourth-order valence-corrected chi connectivity index (χ4v) is 2.91. The molecule has 4 heteroatoms. The highest BCUT2D eigenvalue weighted by atomic mass is 15.1. The van der Waals surface area contributed by atoms with Crippen LogP contribution in [0.5, 0.6) is 0 Å². The summed E-state index contributed by atoms with van der Waals surface area (Å²) in [7, 11) is 2.20. The van der Waals surface area contributed by atoms with Gasteiger partial charge in [0, 0.05) is 30.4 Å². The number of imidazole rings is 1. The summed E-state index contributed by atoms with van der Waals surface area (Å²) in [5.41, 5.74) is 7.26. The molecule has 1 unspecified atom stereocenters. The van der Waals surface area contributed by atoms with Gasteiger partial charge >= 0.3 is 0 Å². The largest absolute Gasteiger partial charge is 0.331 e. The van der Waals surface area contributed by atoms with Crippen LogP contribution in [0.25, 0.3) is 0 Å². The van der Waals surface area contributed by atoms with Gasteiger partial charge in [-0.05, 0) is 38.9 Å². The van der Waals surface area contributed by atoms with Crippen molar-refractivity contribution in [2.45, 2.75) is 38.6 Å².